The molecular formula is C23H24F2N2O3. The topological polar surface area (TPSA) is 58.6 Å². The second kappa shape index (κ2) is 7.38. The summed E-state index contributed by atoms with van der Waals surface area (Å²) in [6.07, 6.45) is 0.191. The van der Waals surface area contributed by atoms with Gasteiger partial charge in [0, 0.05) is 19.0 Å². The minimum absolute atomic E-state index is 0.0783. The summed E-state index contributed by atoms with van der Waals surface area (Å²) < 4.78 is 33.6. The molecule has 2 amide bonds. The molecule has 1 saturated heterocycles. The Balaban J connectivity index is 1.67. The van der Waals surface area contributed by atoms with Gasteiger partial charge in [0.2, 0.25) is 0 Å². The summed E-state index contributed by atoms with van der Waals surface area (Å²) in [6, 6.07) is 8.42. The molecular weight excluding hydrogens is 390 g/mol. The largest absolute Gasteiger partial charge is 0.490 e. The Bertz CT molecular complexity index is 1020. The molecule has 0 bridgehead atoms. The van der Waals surface area contributed by atoms with Crippen molar-refractivity contribution in [3.63, 3.8) is 0 Å². The van der Waals surface area contributed by atoms with E-state index in [1.54, 1.807) is 25.2 Å². The Hall–Kier alpha value is -2.96. The normalized spacial score (nSPS) is 19.6. The van der Waals surface area contributed by atoms with Crippen molar-refractivity contribution in [2.75, 3.05) is 20.2 Å². The second-order valence-electron chi connectivity index (χ2n) is 8.07. The maximum atomic E-state index is 13.9. The van der Waals surface area contributed by atoms with E-state index in [4.69, 9.17) is 4.74 Å². The van der Waals surface area contributed by atoms with E-state index in [0.717, 1.165) is 22.3 Å². The van der Waals surface area contributed by atoms with Crippen LogP contribution in [0.2, 0.25) is 0 Å². The predicted molar refractivity (Wildman–Crippen MR) is 108 cm³/mol. The lowest BCUT2D eigenvalue weighted by Crippen LogP contribution is -2.37. The molecule has 0 aliphatic carbocycles. The average molecular weight is 414 g/mol. The van der Waals surface area contributed by atoms with Crippen LogP contribution in [0.25, 0.3) is 0 Å². The molecule has 0 spiro atoms. The first-order chi connectivity index (χ1) is 14.2. The molecule has 2 aromatic carbocycles. The number of nitrogens with zero attached hydrogens (tertiary/aromatic N) is 1. The van der Waals surface area contributed by atoms with E-state index in [-0.39, 0.29) is 18.9 Å². The number of ether oxygens (including phenoxy) is 1. The highest BCUT2D eigenvalue weighted by molar-refractivity contribution is 5.98. The number of halogens is 2. The Labute approximate surface area is 174 Å². The van der Waals surface area contributed by atoms with Gasteiger partial charge < -0.3 is 15.0 Å². The molecule has 30 heavy (non-hydrogen) atoms. The number of hydrogen-bond acceptors (Lipinski definition) is 3. The van der Waals surface area contributed by atoms with Gasteiger partial charge in [0.05, 0.1) is 18.2 Å². The van der Waals surface area contributed by atoms with Gasteiger partial charge in [-0.15, -0.1) is 0 Å². The Morgan fingerprint density at radius 3 is 2.60 bits per heavy atom. The number of carbonyl (C=O) groups is 2. The van der Waals surface area contributed by atoms with Gasteiger partial charge in [-0.3, -0.25) is 9.59 Å². The monoisotopic (exact) mass is 414 g/mol. The van der Waals surface area contributed by atoms with Gasteiger partial charge in [-0.2, -0.15) is 0 Å². The number of carbonyl (C=O) groups excluding carboxylic acids is 2. The van der Waals surface area contributed by atoms with E-state index >= 15 is 0 Å². The fraction of sp³-hybridized carbons (Fsp3) is 0.391. The summed E-state index contributed by atoms with van der Waals surface area (Å²) >= 11 is 0. The highest BCUT2D eigenvalue weighted by Gasteiger charge is 2.49. The molecule has 2 heterocycles. The van der Waals surface area contributed by atoms with Gasteiger partial charge >= 0.3 is 0 Å². The molecule has 1 fully saturated rings. The number of rotatable bonds is 3. The number of fused-ring (bicyclic) bond motifs is 2. The molecule has 0 aromatic heterocycles. The fourth-order valence-corrected chi connectivity index (χ4v) is 4.25. The van der Waals surface area contributed by atoms with Crippen LogP contribution in [0.4, 0.5) is 8.78 Å². The van der Waals surface area contributed by atoms with E-state index in [1.165, 1.54) is 4.90 Å². The van der Waals surface area contributed by atoms with E-state index in [2.05, 4.69) is 5.32 Å². The maximum Gasteiger partial charge on any atom is 0.267 e. The molecule has 158 valence electrons. The summed E-state index contributed by atoms with van der Waals surface area (Å²) in [5, 5.41) is 2.59. The summed E-state index contributed by atoms with van der Waals surface area (Å²) in [5.74, 6) is -2.94. The first kappa shape index (κ1) is 20.3. The molecule has 1 N–H and O–H groups in total. The van der Waals surface area contributed by atoms with Crippen molar-refractivity contribution < 1.29 is 23.1 Å². The number of nitrogens with one attached hydrogen (secondary N) is 1. The highest BCUT2D eigenvalue weighted by atomic mass is 19.3. The molecule has 4 rings (SSSR count). The summed E-state index contributed by atoms with van der Waals surface area (Å²) in [4.78, 5) is 26.1. The average Bonchev–Trinajstić information content (AvgIpc) is 2.98. The van der Waals surface area contributed by atoms with Gasteiger partial charge in [-0.25, -0.2) is 8.78 Å². The van der Waals surface area contributed by atoms with Gasteiger partial charge in [-0.1, -0.05) is 12.1 Å². The van der Waals surface area contributed by atoms with Crippen molar-refractivity contribution in [3.8, 4) is 5.75 Å². The molecule has 1 atom stereocenters. The maximum absolute atomic E-state index is 13.9. The lowest BCUT2D eigenvalue weighted by Gasteiger charge is -2.20. The zero-order valence-electron chi connectivity index (χ0n) is 17.2. The Morgan fingerprint density at radius 2 is 1.93 bits per heavy atom. The molecule has 5 nitrogen and oxygen atoms in total. The summed E-state index contributed by atoms with van der Waals surface area (Å²) in [7, 11) is 1.58. The van der Waals surface area contributed by atoms with Crippen LogP contribution in [0.5, 0.6) is 5.75 Å². The van der Waals surface area contributed by atoms with Crippen molar-refractivity contribution in [1.29, 1.82) is 0 Å². The van der Waals surface area contributed by atoms with Crippen molar-refractivity contribution in [1.82, 2.24) is 10.2 Å². The van der Waals surface area contributed by atoms with E-state index in [9.17, 15) is 18.4 Å². The van der Waals surface area contributed by atoms with Crippen LogP contribution < -0.4 is 10.1 Å². The first-order valence-corrected chi connectivity index (χ1v) is 9.96. The van der Waals surface area contributed by atoms with Gasteiger partial charge in [-0.05, 0) is 60.7 Å². The molecule has 2 aromatic rings. The first-order valence-electron chi connectivity index (χ1n) is 9.96. The Morgan fingerprint density at radius 1 is 1.23 bits per heavy atom. The van der Waals surface area contributed by atoms with Gasteiger partial charge in [0.25, 0.3) is 17.7 Å². The smallest absolute Gasteiger partial charge is 0.267 e. The number of alkyl halides is 2. The number of amides is 2. The van der Waals surface area contributed by atoms with Crippen LogP contribution >= 0.6 is 0 Å². The minimum Gasteiger partial charge on any atom is -0.490 e. The molecule has 0 saturated carbocycles. The van der Waals surface area contributed by atoms with E-state index in [0.29, 0.717) is 23.3 Å². The van der Waals surface area contributed by atoms with Crippen molar-refractivity contribution in [3.05, 3.63) is 63.7 Å². The number of hydrogen-bond donors (Lipinski definition) is 1. The number of benzene rings is 2. The second-order valence-corrected chi connectivity index (χ2v) is 8.07. The van der Waals surface area contributed by atoms with Crippen LogP contribution in [0.15, 0.2) is 30.3 Å². The van der Waals surface area contributed by atoms with E-state index in [1.807, 2.05) is 26.0 Å². The highest BCUT2D eigenvalue weighted by Crippen LogP contribution is 2.39. The van der Waals surface area contributed by atoms with Gasteiger partial charge in [0.15, 0.2) is 0 Å². The quantitative estimate of drug-likeness (QED) is 0.837. The van der Waals surface area contributed by atoms with Crippen LogP contribution in [0.3, 0.4) is 0 Å². The van der Waals surface area contributed by atoms with E-state index < -0.39 is 24.4 Å². The predicted octanol–water partition coefficient (Wildman–Crippen LogP) is 3.50. The van der Waals surface area contributed by atoms with Crippen LogP contribution in [0.1, 0.15) is 49.4 Å². The zero-order valence-corrected chi connectivity index (χ0v) is 17.2. The van der Waals surface area contributed by atoms with Crippen molar-refractivity contribution in [2.24, 2.45) is 0 Å². The zero-order chi connectivity index (χ0) is 21.6. The Kier molecular flexibility index (Phi) is 5.00. The molecule has 2 aliphatic heterocycles. The van der Waals surface area contributed by atoms with Gasteiger partial charge in [0.1, 0.15) is 12.4 Å². The van der Waals surface area contributed by atoms with Crippen LogP contribution in [-0.2, 0) is 6.42 Å². The fourth-order valence-electron chi connectivity index (χ4n) is 4.25. The summed E-state index contributed by atoms with van der Waals surface area (Å²) in [5.41, 5.74) is 4.68. The third-order valence-electron chi connectivity index (χ3n) is 6.07. The van der Waals surface area contributed by atoms with Crippen LogP contribution in [-0.4, -0.2) is 48.9 Å². The lowest BCUT2D eigenvalue weighted by molar-refractivity contribution is 0.0113. The standard InChI is InChI=1S/C23H24F2N2O3/c1-13-14(2)20-19(22(29)27-12-23(24,25)10-18(27)11-30-20)9-17(13)8-15-4-6-16(7-5-15)21(28)26-3/h4-7,9,18H,8,10-12H2,1-3H3,(H,26,28)/t18-/m1/s1. The third-order valence-corrected chi connectivity index (χ3v) is 6.07. The molecule has 0 radical (unpaired) electrons. The van der Waals surface area contributed by atoms with Crippen molar-refractivity contribution >= 4 is 11.8 Å². The van der Waals surface area contributed by atoms with Crippen LogP contribution in [0, 0.1) is 13.8 Å². The lowest BCUT2D eigenvalue weighted by atomic mass is 9.93. The molecule has 2 aliphatic rings. The third kappa shape index (κ3) is 3.53. The minimum atomic E-state index is -2.88. The summed E-state index contributed by atoms with van der Waals surface area (Å²) in [6.45, 7) is 3.37. The molecule has 0 unspecified atom stereocenters. The molecule has 7 heteroatoms. The van der Waals surface area contributed by atoms with Crippen molar-refractivity contribution in [2.45, 2.75) is 38.7 Å². The SMILES string of the molecule is CNC(=O)c1ccc(Cc2cc3c(c(C)c2C)OC[C@H]2CC(F)(F)CN2C3=O)cc1.